The van der Waals surface area contributed by atoms with Gasteiger partial charge in [-0.05, 0) is 24.8 Å². The van der Waals surface area contributed by atoms with Crippen LogP contribution in [0.4, 0.5) is 0 Å². The molecule has 1 heterocycles. The number of benzene rings is 1. The lowest BCUT2D eigenvalue weighted by Gasteiger charge is -2.28. The van der Waals surface area contributed by atoms with Crippen LogP contribution in [0.25, 0.3) is 0 Å². The molecule has 0 spiro atoms. The standard InChI is InChI=1S/C13H17NO3/c15-13(12-8-4-5-9-14(12)16)17-10-11-6-2-1-3-7-11/h1-3,6-7,12,16H,4-5,8-10H2. The molecule has 0 saturated carbocycles. The zero-order valence-electron chi connectivity index (χ0n) is 9.71. The first kappa shape index (κ1) is 12.1. The molecule has 2 rings (SSSR count). The van der Waals surface area contributed by atoms with Gasteiger partial charge in [0.15, 0.2) is 0 Å². The highest BCUT2D eigenvalue weighted by Crippen LogP contribution is 2.16. The molecular formula is C13H17NO3. The van der Waals surface area contributed by atoms with Crippen molar-refractivity contribution in [2.45, 2.75) is 31.9 Å². The zero-order chi connectivity index (χ0) is 12.1. The molecule has 1 saturated heterocycles. The monoisotopic (exact) mass is 235 g/mol. The van der Waals surface area contributed by atoms with E-state index < -0.39 is 6.04 Å². The average molecular weight is 235 g/mol. The Labute approximate surface area is 101 Å². The summed E-state index contributed by atoms with van der Waals surface area (Å²) < 4.78 is 5.20. The van der Waals surface area contributed by atoms with E-state index >= 15 is 0 Å². The maximum Gasteiger partial charge on any atom is 0.326 e. The van der Waals surface area contributed by atoms with E-state index in [1.165, 1.54) is 0 Å². The minimum atomic E-state index is -0.493. The van der Waals surface area contributed by atoms with Crippen LogP contribution in [-0.4, -0.2) is 28.8 Å². The quantitative estimate of drug-likeness (QED) is 0.814. The summed E-state index contributed by atoms with van der Waals surface area (Å²) in [5.41, 5.74) is 0.959. The van der Waals surface area contributed by atoms with Crippen molar-refractivity contribution >= 4 is 5.97 Å². The highest BCUT2D eigenvalue weighted by atomic mass is 16.6. The van der Waals surface area contributed by atoms with E-state index in [2.05, 4.69) is 0 Å². The third kappa shape index (κ3) is 3.28. The number of hydrogen-bond donors (Lipinski definition) is 1. The van der Waals surface area contributed by atoms with Crippen LogP contribution in [0.3, 0.4) is 0 Å². The minimum Gasteiger partial charge on any atom is -0.460 e. The molecule has 92 valence electrons. The lowest BCUT2D eigenvalue weighted by atomic mass is 10.0. The molecule has 4 nitrogen and oxygen atoms in total. The number of piperidine rings is 1. The molecule has 1 aliphatic heterocycles. The van der Waals surface area contributed by atoms with Gasteiger partial charge in [-0.3, -0.25) is 4.79 Å². The van der Waals surface area contributed by atoms with Crippen LogP contribution in [0.1, 0.15) is 24.8 Å². The molecule has 4 heteroatoms. The summed E-state index contributed by atoms with van der Waals surface area (Å²) in [6.07, 6.45) is 2.56. The van der Waals surface area contributed by atoms with Crippen molar-refractivity contribution in [1.82, 2.24) is 5.06 Å². The lowest BCUT2D eigenvalue weighted by Crippen LogP contribution is -2.43. The summed E-state index contributed by atoms with van der Waals surface area (Å²) in [7, 11) is 0. The summed E-state index contributed by atoms with van der Waals surface area (Å²) in [6.45, 7) is 0.815. The van der Waals surface area contributed by atoms with E-state index in [1.54, 1.807) is 0 Å². The fourth-order valence-electron chi connectivity index (χ4n) is 1.98. The van der Waals surface area contributed by atoms with Crippen molar-refractivity contribution in [2.75, 3.05) is 6.54 Å². The van der Waals surface area contributed by atoms with Crippen LogP contribution in [0.5, 0.6) is 0 Å². The van der Waals surface area contributed by atoms with E-state index in [0.717, 1.165) is 23.5 Å². The number of carbonyl (C=O) groups is 1. The van der Waals surface area contributed by atoms with Gasteiger partial charge in [0.1, 0.15) is 12.6 Å². The van der Waals surface area contributed by atoms with Gasteiger partial charge >= 0.3 is 5.97 Å². The Morgan fingerprint density at radius 2 is 2.12 bits per heavy atom. The highest BCUT2D eigenvalue weighted by Gasteiger charge is 2.28. The summed E-state index contributed by atoms with van der Waals surface area (Å²) in [5, 5.41) is 10.7. The van der Waals surface area contributed by atoms with E-state index in [1.807, 2.05) is 30.3 Å². The van der Waals surface area contributed by atoms with Crippen molar-refractivity contribution in [3.63, 3.8) is 0 Å². The number of hydrogen-bond acceptors (Lipinski definition) is 4. The van der Waals surface area contributed by atoms with Gasteiger partial charge in [-0.2, -0.15) is 5.06 Å². The maximum absolute atomic E-state index is 11.8. The van der Waals surface area contributed by atoms with Gasteiger partial charge in [-0.15, -0.1) is 0 Å². The van der Waals surface area contributed by atoms with E-state index in [9.17, 15) is 10.0 Å². The molecule has 0 radical (unpaired) electrons. The van der Waals surface area contributed by atoms with Crippen molar-refractivity contribution in [3.05, 3.63) is 35.9 Å². The van der Waals surface area contributed by atoms with Crippen LogP contribution >= 0.6 is 0 Å². The number of esters is 1. The van der Waals surface area contributed by atoms with Crippen LogP contribution in [0.2, 0.25) is 0 Å². The predicted octanol–water partition coefficient (Wildman–Crippen LogP) is 1.97. The maximum atomic E-state index is 11.8. The Morgan fingerprint density at radius 1 is 1.35 bits per heavy atom. The normalized spacial score (nSPS) is 21.1. The molecule has 1 aromatic rings. The third-order valence-corrected chi connectivity index (χ3v) is 2.97. The van der Waals surface area contributed by atoms with Crippen LogP contribution in [-0.2, 0) is 16.1 Å². The molecular weight excluding hydrogens is 218 g/mol. The first-order valence-corrected chi connectivity index (χ1v) is 5.93. The molecule has 0 amide bonds. The van der Waals surface area contributed by atoms with Gasteiger partial charge in [0.25, 0.3) is 0 Å². The van der Waals surface area contributed by atoms with E-state index in [0.29, 0.717) is 13.0 Å². The molecule has 1 atom stereocenters. The Kier molecular flexibility index (Phi) is 4.12. The second kappa shape index (κ2) is 5.80. The van der Waals surface area contributed by atoms with Crippen molar-refractivity contribution in [2.24, 2.45) is 0 Å². The number of nitrogens with zero attached hydrogens (tertiary/aromatic N) is 1. The zero-order valence-corrected chi connectivity index (χ0v) is 9.71. The minimum absolute atomic E-state index is 0.268. The topological polar surface area (TPSA) is 49.8 Å². The van der Waals surface area contributed by atoms with E-state index in [-0.39, 0.29) is 12.6 Å². The second-order valence-corrected chi connectivity index (χ2v) is 4.27. The smallest absolute Gasteiger partial charge is 0.326 e. The van der Waals surface area contributed by atoms with Gasteiger partial charge < -0.3 is 9.94 Å². The second-order valence-electron chi connectivity index (χ2n) is 4.27. The molecule has 0 aromatic heterocycles. The van der Waals surface area contributed by atoms with Crippen LogP contribution in [0.15, 0.2) is 30.3 Å². The Balaban J connectivity index is 1.84. The third-order valence-electron chi connectivity index (χ3n) is 2.97. The molecule has 1 unspecified atom stereocenters. The van der Waals surface area contributed by atoms with Gasteiger partial charge in [0, 0.05) is 6.54 Å². The van der Waals surface area contributed by atoms with Gasteiger partial charge in [0.2, 0.25) is 0 Å². The largest absolute Gasteiger partial charge is 0.460 e. The van der Waals surface area contributed by atoms with Crippen LogP contribution in [0, 0.1) is 0 Å². The van der Waals surface area contributed by atoms with Gasteiger partial charge in [-0.25, -0.2) is 0 Å². The predicted molar refractivity (Wildman–Crippen MR) is 62.4 cm³/mol. The first-order valence-electron chi connectivity index (χ1n) is 5.93. The highest BCUT2D eigenvalue weighted by molar-refractivity contribution is 5.75. The van der Waals surface area contributed by atoms with Crippen molar-refractivity contribution in [1.29, 1.82) is 0 Å². The number of ether oxygens (including phenoxy) is 1. The van der Waals surface area contributed by atoms with Crippen molar-refractivity contribution in [3.8, 4) is 0 Å². The summed E-state index contributed by atoms with van der Waals surface area (Å²) in [5.74, 6) is -0.337. The van der Waals surface area contributed by atoms with Crippen molar-refractivity contribution < 1.29 is 14.7 Å². The molecule has 0 aliphatic carbocycles. The molecule has 1 aliphatic rings. The average Bonchev–Trinajstić information content (AvgIpc) is 2.38. The summed E-state index contributed by atoms with van der Waals surface area (Å²) in [4.78, 5) is 11.8. The SMILES string of the molecule is O=C(OCc1ccccc1)C1CCCCN1O. The number of rotatable bonds is 3. The van der Waals surface area contributed by atoms with E-state index in [4.69, 9.17) is 4.74 Å². The Hall–Kier alpha value is -1.39. The lowest BCUT2D eigenvalue weighted by molar-refractivity contribution is -0.182. The molecule has 1 fully saturated rings. The Bertz CT molecular complexity index is 366. The number of hydroxylamine groups is 2. The fraction of sp³-hybridized carbons (Fsp3) is 0.462. The van der Waals surface area contributed by atoms with Crippen LogP contribution < -0.4 is 0 Å². The van der Waals surface area contributed by atoms with Gasteiger partial charge in [-0.1, -0.05) is 30.3 Å². The summed E-state index contributed by atoms with van der Waals surface area (Å²) in [6, 6.07) is 9.05. The molecule has 1 N–H and O–H groups in total. The Morgan fingerprint density at radius 3 is 2.82 bits per heavy atom. The van der Waals surface area contributed by atoms with Gasteiger partial charge in [0.05, 0.1) is 0 Å². The number of carbonyl (C=O) groups excluding carboxylic acids is 1. The fourth-order valence-corrected chi connectivity index (χ4v) is 1.98. The summed E-state index contributed by atoms with van der Waals surface area (Å²) >= 11 is 0. The molecule has 1 aromatic carbocycles. The molecule has 17 heavy (non-hydrogen) atoms. The first-order chi connectivity index (χ1) is 8.27. The molecule has 0 bridgehead atoms.